The number of halogens is 1. The van der Waals surface area contributed by atoms with Gasteiger partial charge in [0.2, 0.25) is 0 Å². The lowest BCUT2D eigenvalue weighted by Crippen LogP contribution is -2.00. The first-order valence-electron chi connectivity index (χ1n) is 6.66. The van der Waals surface area contributed by atoms with Crippen molar-refractivity contribution in [1.29, 1.82) is 0 Å². The molecule has 2 nitrogen and oxygen atoms in total. The standard InChI is InChI=1S/C17H18FNO/c1-4-20-19-13(3)16-10-9-14(11-17(16)18)15-8-6-5-7-12(15)2/h5-11H,4H2,1-3H3/b19-13+. The van der Waals surface area contributed by atoms with E-state index < -0.39 is 0 Å². The van der Waals surface area contributed by atoms with Gasteiger partial charge in [0.25, 0.3) is 0 Å². The molecule has 0 saturated heterocycles. The monoisotopic (exact) mass is 271 g/mol. The van der Waals surface area contributed by atoms with E-state index in [1.165, 1.54) is 0 Å². The van der Waals surface area contributed by atoms with Crippen molar-refractivity contribution >= 4 is 5.71 Å². The second-order valence-electron chi connectivity index (χ2n) is 4.60. The highest BCUT2D eigenvalue weighted by Crippen LogP contribution is 2.25. The first-order chi connectivity index (χ1) is 9.63. The molecule has 0 radical (unpaired) electrons. The van der Waals surface area contributed by atoms with E-state index in [0.29, 0.717) is 17.9 Å². The fourth-order valence-electron chi connectivity index (χ4n) is 2.08. The van der Waals surface area contributed by atoms with Crippen LogP contribution in [0.15, 0.2) is 47.6 Å². The van der Waals surface area contributed by atoms with Crippen molar-refractivity contribution in [3.63, 3.8) is 0 Å². The molecule has 0 saturated carbocycles. The summed E-state index contributed by atoms with van der Waals surface area (Å²) in [7, 11) is 0. The molecule has 0 atom stereocenters. The lowest BCUT2D eigenvalue weighted by Gasteiger charge is -2.08. The molecule has 0 amide bonds. The lowest BCUT2D eigenvalue weighted by atomic mass is 9.98. The number of rotatable bonds is 4. The van der Waals surface area contributed by atoms with Crippen molar-refractivity contribution in [2.24, 2.45) is 5.16 Å². The van der Waals surface area contributed by atoms with Crippen LogP contribution >= 0.6 is 0 Å². The first kappa shape index (κ1) is 14.3. The molecular formula is C17H18FNO. The zero-order valence-electron chi connectivity index (χ0n) is 12.0. The molecular weight excluding hydrogens is 253 g/mol. The fourth-order valence-corrected chi connectivity index (χ4v) is 2.08. The van der Waals surface area contributed by atoms with Crippen molar-refractivity contribution in [3.8, 4) is 11.1 Å². The lowest BCUT2D eigenvalue weighted by molar-refractivity contribution is 0.159. The Morgan fingerprint density at radius 2 is 1.95 bits per heavy atom. The van der Waals surface area contributed by atoms with E-state index in [9.17, 15) is 4.39 Å². The Morgan fingerprint density at radius 3 is 2.60 bits per heavy atom. The molecule has 0 bridgehead atoms. The molecule has 0 heterocycles. The van der Waals surface area contributed by atoms with Gasteiger partial charge < -0.3 is 4.84 Å². The van der Waals surface area contributed by atoms with Crippen LogP contribution in [0.5, 0.6) is 0 Å². The van der Waals surface area contributed by atoms with E-state index in [1.807, 2.05) is 44.2 Å². The van der Waals surface area contributed by atoms with Gasteiger partial charge in [0.15, 0.2) is 0 Å². The number of hydrogen-bond donors (Lipinski definition) is 0. The van der Waals surface area contributed by atoms with Crippen LogP contribution in [0, 0.1) is 12.7 Å². The Kier molecular flexibility index (Phi) is 4.51. The Bertz CT molecular complexity index is 635. The summed E-state index contributed by atoms with van der Waals surface area (Å²) in [5.41, 5.74) is 4.04. The summed E-state index contributed by atoms with van der Waals surface area (Å²) in [5.74, 6) is -0.285. The van der Waals surface area contributed by atoms with E-state index in [4.69, 9.17) is 4.84 Å². The van der Waals surface area contributed by atoms with Crippen LogP contribution in [0.25, 0.3) is 11.1 Å². The smallest absolute Gasteiger partial charge is 0.132 e. The van der Waals surface area contributed by atoms with Crippen LogP contribution in [0.2, 0.25) is 0 Å². The number of nitrogens with zero attached hydrogens (tertiary/aromatic N) is 1. The molecule has 0 fully saturated rings. The maximum atomic E-state index is 14.2. The highest BCUT2D eigenvalue weighted by atomic mass is 19.1. The van der Waals surface area contributed by atoms with Crippen molar-refractivity contribution in [2.45, 2.75) is 20.8 Å². The molecule has 2 rings (SSSR count). The average Bonchev–Trinajstić information content (AvgIpc) is 2.45. The van der Waals surface area contributed by atoms with E-state index in [-0.39, 0.29) is 5.82 Å². The van der Waals surface area contributed by atoms with Crippen LogP contribution < -0.4 is 0 Å². The van der Waals surface area contributed by atoms with Gasteiger partial charge in [0.05, 0.1) is 5.71 Å². The first-order valence-corrected chi connectivity index (χ1v) is 6.66. The molecule has 0 N–H and O–H groups in total. The molecule has 20 heavy (non-hydrogen) atoms. The summed E-state index contributed by atoms with van der Waals surface area (Å²) >= 11 is 0. The van der Waals surface area contributed by atoms with Crippen LogP contribution in [-0.2, 0) is 4.84 Å². The van der Waals surface area contributed by atoms with Gasteiger partial charge in [-0.3, -0.25) is 0 Å². The Morgan fingerprint density at radius 1 is 1.20 bits per heavy atom. The van der Waals surface area contributed by atoms with Crippen LogP contribution in [0.4, 0.5) is 4.39 Å². The number of hydrogen-bond acceptors (Lipinski definition) is 2. The highest BCUT2D eigenvalue weighted by Gasteiger charge is 2.09. The quantitative estimate of drug-likeness (QED) is 0.590. The zero-order chi connectivity index (χ0) is 14.5. The van der Waals surface area contributed by atoms with Gasteiger partial charge >= 0.3 is 0 Å². The van der Waals surface area contributed by atoms with Gasteiger partial charge in [-0.05, 0) is 49.6 Å². The second-order valence-corrected chi connectivity index (χ2v) is 4.60. The van der Waals surface area contributed by atoms with Crippen molar-refractivity contribution < 1.29 is 9.23 Å². The third-order valence-electron chi connectivity index (χ3n) is 3.15. The van der Waals surface area contributed by atoms with Gasteiger partial charge in [0.1, 0.15) is 12.4 Å². The molecule has 2 aromatic rings. The average molecular weight is 271 g/mol. The minimum Gasteiger partial charge on any atom is -0.396 e. The van der Waals surface area contributed by atoms with E-state index >= 15 is 0 Å². The molecule has 104 valence electrons. The second kappa shape index (κ2) is 6.33. The van der Waals surface area contributed by atoms with Crippen LogP contribution in [0.1, 0.15) is 25.0 Å². The predicted octanol–water partition coefficient (Wildman–Crippen LogP) is 4.56. The Hall–Kier alpha value is -2.16. The Labute approximate surface area is 118 Å². The van der Waals surface area contributed by atoms with Gasteiger partial charge in [0, 0.05) is 5.56 Å². The summed E-state index contributed by atoms with van der Waals surface area (Å²) in [6.45, 7) is 6.07. The normalized spacial score (nSPS) is 11.5. The molecule has 3 heteroatoms. The Balaban J connectivity index is 2.38. The minimum atomic E-state index is -0.285. The summed E-state index contributed by atoms with van der Waals surface area (Å²) in [6, 6.07) is 13.1. The number of aryl methyl sites for hydroxylation is 1. The third-order valence-corrected chi connectivity index (χ3v) is 3.15. The van der Waals surface area contributed by atoms with Gasteiger partial charge in [-0.1, -0.05) is 35.5 Å². The summed E-state index contributed by atoms with van der Waals surface area (Å²) in [4.78, 5) is 4.96. The largest absolute Gasteiger partial charge is 0.396 e. The number of benzene rings is 2. The van der Waals surface area contributed by atoms with Crippen molar-refractivity contribution in [1.82, 2.24) is 0 Å². The topological polar surface area (TPSA) is 21.6 Å². The molecule has 0 aromatic heterocycles. The van der Waals surface area contributed by atoms with Gasteiger partial charge in [-0.25, -0.2) is 4.39 Å². The van der Waals surface area contributed by atoms with E-state index in [0.717, 1.165) is 16.7 Å². The SMILES string of the molecule is CCO/N=C(\C)c1ccc(-c2ccccc2C)cc1F. The van der Waals surface area contributed by atoms with Crippen molar-refractivity contribution in [2.75, 3.05) is 6.61 Å². The van der Waals surface area contributed by atoms with Crippen LogP contribution in [-0.4, -0.2) is 12.3 Å². The molecule has 0 aliphatic carbocycles. The van der Waals surface area contributed by atoms with Crippen molar-refractivity contribution in [3.05, 3.63) is 59.4 Å². The van der Waals surface area contributed by atoms with E-state index in [2.05, 4.69) is 5.16 Å². The third kappa shape index (κ3) is 3.05. The summed E-state index contributed by atoms with van der Waals surface area (Å²) in [6.07, 6.45) is 0. The van der Waals surface area contributed by atoms with Gasteiger partial charge in [-0.2, -0.15) is 0 Å². The molecule has 0 spiro atoms. The van der Waals surface area contributed by atoms with E-state index in [1.54, 1.807) is 19.1 Å². The summed E-state index contributed by atoms with van der Waals surface area (Å²) in [5, 5.41) is 3.87. The maximum Gasteiger partial charge on any atom is 0.132 e. The van der Waals surface area contributed by atoms with Gasteiger partial charge in [-0.15, -0.1) is 0 Å². The van der Waals surface area contributed by atoms with Crippen LogP contribution in [0.3, 0.4) is 0 Å². The summed E-state index contributed by atoms with van der Waals surface area (Å²) < 4.78 is 14.2. The predicted molar refractivity (Wildman–Crippen MR) is 80.4 cm³/mol. The molecule has 0 aliphatic heterocycles. The molecule has 2 aromatic carbocycles. The minimum absolute atomic E-state index is 0.285. The number of oxime groups is 1. The molecule has 0 aliphatic rings. The zero-order valence-corrected chi connectivity index (χ0v) is 12.0. The molecule has 0 unspecified atom stereocenters. The fraction of sp³-hybridized carbons (Fsp3) is 0.235. The maximum absolute atomic E-state index is 14.2. The highest BCUT2D eigenvalue weighted by molar-refractivity contribution is 5.99.